The standard InChI is InChI=1S/C17H21B2N4.C15H16O2.Pt/c1-20(2)18-19(21(3)4)23(17-13-9-6-10-14-17)15-22(18)16-11-7-5-8-12-16;16-14(12-7-3-1-4-8-12)11-15(17)13-9-5-2-6-10-13;/h5-13H,1-4H3;1-10,14-17H,11H2;/q-1;;. The SMILES string of the molecule is CN(C)B1B(N(C)C)N(c2ccccc2)[C](=[Pt])N1c1[c-]cccc1.OC(CC(O)c1ccccc1)c1ccccc1. The molecule has 0 saturated carbocycles. The zero-order valence-corrected chi connectivity index (χ0v) is 26.3. The molecule has 5 rings (SSSR count). The number of para-hydroxylation sites is 2. The van der Waals surface area contributed by atoms with Crippen molar-refractivity contribution in [2.24, 2.45) is 0 Å². The molecular weight excluding hydrogens is 689 g/mol. The second kappa shape index (κ2) is 14.8. The summed E-state index contributed by atoms with van der Waals surface area (Å²) in [6.07, 6.45) is -0.952. The minimum atomic E-state index is -0.633. The van der Waals surface area contributed by atoms with Crippen LogP contribution in [0.15, 0.2) is 115 Å². The van der Waals surface area contributed by atoms with Gasteiger partial charge in [0.2, 0.25) is 0 Å². The molecule has 214 valence electrons. The Morgan fingerprint density at radius 1 is 0.659 bits per heavy atom. The van der Waals surface area contributed by atoms with E-state index in [0.717, 1.165) is 16.8 Å². The van der Waals surface area contributed by atoms with Crippen molar-refractivity contribution in [1.29, 1.82) is 0 Å². The number of aliphatic hydroxyl groups is 2. The third-order valence-electron chi connectivity index (χ3n) is 7.02. The predicted octanol–water partition coefficient (Wildman–Crippen LogP) is 4.47. The molecule has 2 atom stereocenters. The molecule has 41 heavy (non-hydrogen) atoms. The fourth-order valence-corrected chi connectivity index (χ4v) is 6.19. The summed E-state index contributed by atoms with van der Waals surface area (Å²) >= 11 is 2.44. The molecule has 4 aromatic carbocycles. The first-order chi connectivity index (χ1) is 19.8. The zero-order valence-electron chi connectivity index (χ0n) is 24.0. The summed E-state index contributed by atoms with van der Waals surface area (Å²) < 4.78 is 1.18. The number of nitrogens with zero attached hydrogens (tertiary/aromatic N) is 4. The molecule has 0 bridgehead atoms. The van der Waals surface area contributed by atoms with Gasteiger partial charge in [0.15, 0.2) is 0 Å². The molecule has 9 heteroatoms. The quantitative estimate of drug-likeness (QED) is 0.207. The van der Waals surface area contributed by atoms with E-state index in [1.807, 2.05) is 72.8 Å². The molecule has 0 aliphatic carbocycles. The molecule has 1 fully saturated rings. The Kier molecular flexibility index (Phi) is 11.1. The van der Waals surface area contributed by atoms with Crippen molar-refractivity contribution >= 4 is 29.3 Å². The molecule has 0 radical (unpaired) electrons. The van der Waals surface area contributed by atoms with Crippen LogP contribution in [0, 0.1) is 6.07 Å². The molecule has 0 amide bonds. The van der Waals surface area contributed by atoms with Gasteiger partial charge in [-0.05, 0) is 11.1 Å². The van der Waals surface area contributed by atoms with Crippen LogP contribution in [0.3, 0.4) is 0 Å². The monoisotopic (exact) mass is 726 g/mol. The normalized spacial score (nSPS) is 14.8. The number of hydrogen-bond donors (Lipinski definition) is 2. The van der Waals surface area contributed by atoms with Gasteiger partial charge >= 0.3 is 157 Å². The van der Waals surface area contributed by atoms with E-state index in [1.54, 1.807) is 0 Å². The predicted molar refractivity (Wildman–Crippen MR) is 168 cm³/mol. The molecule has 2 N–H and O–H groups in total. The molecule has 4 aromatic rings. The van der Waals surface area contributed by atoms with Crippen LogP contribution in [0.4, 0.5) is 11.4 Å². The van der Waals surface area contributed by atoms with Crippen LogP contribution in [-0.4, -0.2) is 65.9 Å². The maximum Gasteiger partial charge on any atom is 0.0818 e. The summed E-state index contributed by atoms with van der Waals surface area (Å²) in [6.45, 7) is 0.384. The summed E-state index contributed by atoms with van der Waals surface area (Å²) in [5, 5.41) is 20.0. The van der Waals surface area contributed by atoms with Gasteiger partial charge in [-0.3, -0.25) is 0 Å². The summed E-state index contributed by atoms with van der Waals surface area (Å²) in [5.41, 5.74) is 3.96. The van der Waals surface area contributed by atoms with Crippen molar-refractivity contribution in [2.45, 2.75) is 18.6 Å². The smallest absolute Gasteiger partial charge is 0.0818 e. The van der Waals surface area contributed by atoms with Crippen molar-refractivity contribution < 1.29 is 29.6 Å². The Balaban J connectivity index is 0.000000201. The van der Waals surface area contributed by atoms with E-state index >= 15 is 0 Å². The number of benzene rings is 4. The van der Waals surface area contributed by atoms with Crippen LogP contribution >= 0.6 is 0 Å². The second-order valence-electron chi connectivity index (χ2n) is 10.4. The van der Waals surface area contributed by atoms with Gasteiger partial charge in [-0.1, -0.05) is 60.7 Å². The first kappa shape index (κ1) is 31.0. The van der Waals surface area contributed by atoms with E-state index < -0.39 is 12.2 Å². The molecular formula is C32H37B2N4O2Pt-. The van der Waals surface area contributed by atoms with Gasteiger partial charge in [-0.2, -0.15) is 0 Å². The number of aliphatic hydroxyl groups excluding tert-OH is 2. The summed E-state index contributed by atoms with van der Waals surface area (Å²) in [4.78, 5) is 9.30. The molecule has 1 aliphatic heterocycles. The van der Waals surface area contributed by atoms with Gasteiger partial charge < -0.3 is 10.2 Å². The maximum atomic E-state index is 9.99. The van der Waals surface area contributed by atoms with Gasteiger partial charge in [-0.25, -0.2) is 0 Å². The summed E-state index contributed by atoms with van der Waals surface area (Å²) in [6, 6.07) is 40.9. The van der Waals surface area contributed by atoms with Gasteiger partial charge in [0, 0.05) is 6.42 Å². The fourth-order valence-electron chi connectivity index (χ4n) is 5.02. The molecule has 1 saturated heterocycles. The van der Waals surface area contributed by atoms with E-state index in [-0.39, 0.29) is 13.7 Å². The molecule has 6 nitrogen and oxygen atoms in total. The molecule has 1 aliphatic rings. The average molecular weight is 726 g/mol. The fraction of sp³-hybridized carbons (Fsp3) is 0.219. The topological polar surface area (TPSA) is 53.4 Å². The Morgan fingerprint density at radius 3 is 1.54 bits per heavy atom. The molecule has 2 unspecified atom stereocenters. The summed E-state index contributed by atoms with van der Waals surface area (Å²) in [5.74, 6) is 0. The van der Waals surface area contributed by atoms with Gasteiger partial charge in [0.05, 0.1) is 12.2 Å². The Bertz CT molecular complexity index is 1250. The van der Waals surface area contributed by atoms with Crippen molar-refractivity contribution in [3.05, 3.63) is 132 Å². The molecule has 1 heterocycles. The van der Waals surface area contributed by atoms with Crippen LogP contribution in [-0.2, 0) is 19.4 Å². The van der Waals surface area contributed by atoms with Crippen molar-refractivity contribution in [1.82, 2.24) is 9.62 Å². The first-order valence-electron chi connectivity index (χ1n) is 13.7. The van der Waals surface area contributed by atoms with Crippen LogP contribution in [0.5, 0.6) is 0 Å². The van der Waals surface area contributed by atoms with Gasteiger partial charge in [0.1, 0.15) is 0 Å². The van der Waals surface area contributed by atoms with E-state index in [2.05, 4.69) is 115 Å². The third-order valence-corrected chi connectivity index (χ3v) is 8.12. The van der Waals surface area contributed by atoms with Crippen molar-refractivity contribution in [3.63, 3.8) is 0 Å². The number of hydrogen-bond acceptors (Lipinski definition) is 6. The maximum absolute atomic E-state index is 9.99. The molecule has 0 aromatic heterocycles. The largest absolute Gasteiger partial charge is 0.388 e. The first-order valence-corrected chi connectivity index (χ1v) is 14.8. The average Bonchev–Trinajstić information content (AvgIpc) is 3.32. The number of rotatable bonds is 8. The zero-order chi connectivity index (χ0) is 29.4. The van der Waals surface area contributed by atoms with Crippen LogP contribution in [0.1, 0.15) is 29.8 Å². The summed E-state index contributed by atoms with van der Waals surface area (Å²) in [7, 11) is 8.55. The second-order valence-corrected chi connectivity index (χ2v) is 11.4. The minimum Gasteiger partial charge on any atom is -0.388 e. The minimum absolute atomic E-state index is 0.186. The van der Waals surface area contributed by atoms with E-state index in [4.69, 9.17) is 0 Å². The van der Waals surface area contributed by atoms with Crippen molar-refractivity contribution in [3.8, 4) is 0 Å². The van der Waals surface area contributed by atoms with Gasteiger partial charge in [0.25, 0.3) is 0 Å². The van der Waals surface area contributed by atoms with Crippen LogP contribution in [0.25, 0.3) is 0 Å². The Labute approximate surface area is 256 Å². The third kappa shape index (κ3) is 7.65. The van der Waals surface area contributed by atoms with Crippen molar-refractivity contribution in [2.75, 3.05) is 37.8 Å². The Morgan fingerprint density at radius 2 is 1.10 bits per heavy atom. The van der Waals surface area contributed by atoms with Crippen LogP contribution in [0.2, 0.25) is 0 Å². The Hall–Kier alpha value is -2.99. The van der Waals surface area contributed by atoms with E-state index in [0.29, 0.717) is 6.42 Å². The van der Waals surface area contributed by atoms with E-state index in [9.17, 15) is 10.2 Å². The molecule has 0 spiro atoms. The number of anilines is 2. The van der Waals surface area contributed by atoms with Gasteiger partial charge in [-0.15, -0.1) is 0 Å². The van der Waals surface area contributed by atoms with Crippen LogP contribution < -0.4 is 9.62 Å². The van der Waals surface area contributed by atoms with E-state index in [1.165, 1.54) is 9.83 Å².